The summed E-state index contributed by atoms with van der Waals surface area (Å²) in [6.07, 6.45) is -2.88. The number of benzene rings is 1. The smallest absolute Gasteiger partial charge is 0.467 e. The number of rotatable bonds is 6. The predicted molar refractivity (Wildman–Crippen MR) is 88.0 cm³/mol. The van der Waals surface area contributed by atoms with Crippen molar-refractivity contribution in [1.82, 2.24) is 4.90 Å². The first-order valence-electron chi connectivity index (χ1n) is 7.75. The molecule has 1 aromatic rings. The Bertz CT molecular complexity index is 587. The maximum Gasteiger partial charge on any atom is 0.497 e. The van der Waals surface area contributed by atoms with Crippen molar-refractivity contribution in [1.29, 1.82) is 0 Å². The van der Waals surface area contributed by atoms with Crippen LogP contribution in [0.5, 0.6) is 0 Å². The minimum atomic E-state index is -5.36. The molecule has 0 spiro atoms. The predicted octanol–water partition coefficient (Wildman–Crippen LogP) is 3.39. The zero-order valence-corrected chi connectivity index (χ0v) is 14.7. The number of halogens is 3. The van der Waals surface area contributed by atoms with Gasteiger partial charge in [0.2, 0.25) is 0 Å². The Hall–Kier alpha value is -2.19. The van der Waals surface area contributed by atoms with Crippen LogP contribution in [0, 0.1) is 0 Å². The van der Waals surface area contributed by atoms with Crippen molar-refractivity contribution in [2.24, 2.45) is 0 Å². The summed E-state index contributed by atoms with van der Waals surface area (Å²) in [6, 6.07) is 6.99. The second-order valence-electron chi connectivity index (χ2n) is 6.57. The lowest BCUT2D eigenvalue weighted by Crippen LogP contribution is -2.53. The highest BCUT2D eigenvalue weighted by Crippen LogP contribution is 2.20. The summed E-state index contributed by atoms with van der Waals surface area (Å²) in [5.74, 6) is -0.935. The number of ether oxygens (including phenoxy) is 2. The van der Waals surface area contributed by atoms with E-state index < -0.39 is 37.1 Å². The number of methoxy groups -OCH3 is 1. The molecule has 1 rings (SSSR count). The Balaban J connectivity index is 3.17. The summed E-state index contributed by atoms with van der Waals surface area (Å²) in [7, 11) is 1.06. The van der Waals surface area contributed by atoms with Crippen molar-refractivity contribution in [2.75, 3.05) is 13.6 Å². The van der Waals surface area contributed by atoms with Crippen molar-refractivity contribution >= 4 is 19.0 Å². The van der Waals surface area contributed by atoms with Crippen molar-refractivity contribution in [3.63, 3.8) is 0 Å². The molecule has 140 valence electrons. The molecule has 1 amide bonds. The number of nitrogens with zero attached hydrogens (tertiary/aromatic N) is 1. The average Bonchev–Trinajstić information content (AvgIpc) is 2.48. The Labute approximate surface area is 145 Å². The monoisotopic (exact) mass is 360 g/mol. The maximum atomic E-state index is 13.0. The summed E-state index contributed by atoms with van der Waals surface area (Å²) >= 11 is 0. The quantitative estimate of drug-likeness (QED) is 0.577. The van der Waals surface area contributed by atoms with Gasteiger partial charge in [-0.3, -0.25) is 0 Å². The molecule has 0 fully saturated rings. The number of esters is 1. The molecule has 1 atom stereocenters. The van der Waals surface area contributed by atoms with E-state index in [2.05, 4.69) is 4.74 Å². The molecule has 0 saturated heterocycles. The van der Waals surface area contributed by atoms with Crippen LogP contribution in [0.15, 0.2) is 30.3 Å². The van der Waals surface area contributed by atoms with Gasteiger partial charge in [0.1, 0.15) is 11.6 Å². The third-order valence-corrected chi connectivity index (χ3v) is 3.15. The van der Waals surface area contributed by atoms with Gasteiger partial charge in [-0.15, -0.1) is 0 Å². The number of amides is 1. The van der Waals surface area contributed by atoms with Crippen LogP contribution in [0.3, 0.4) is 0 Å². The summed E-state index contributed by atoms with van der Waals surface area (Å²) in [5.41, 5.74) is -0.400. The number of hydrogen-bond acceptors (Lipinski definition) is 4. The van der Waals surface area contributed by atoms with E-state index in [-0.39, 0.29) is 6.42 Å². The number of carbonyl (C=O) groups is 2. The zero-order valence-electron chi connectivity index (χ0n) is 14.7. The molecule has 0 aliphatic heterocycles. The molecule has 0 N–H and O–H groups in total. The summed E-state index contributed by atoms with van der Waals surface area (Å²) < 4.78 is 48.7. The second-order valence-corrected chi connectivity index (χ2v) is 6.57. The van der Waals surface area contributed by atoms with Gasteiger partial charge in [0, 0.05) is 6.42 Å². The topological polar surface area (TPSA) is 55.8 Å². The highest BCUT2D eigenvalue weighted by atomic mass is 19.4. The minimum Gasteiger partial charge on any atom is -0.467 e. The minimum absolute atomic E-state index is 0.112. The first-order valence-corrected chi connectivity index (χ1v) is 7.75. The third-order valence-electron chi connectivity index (χ3n) is 3.15. The fraction of sp³-hybridized carbons (Fsp3) is 0.500. The van der Waals surface area contributed by atoms with Crippen LogP contribution >= 0.6 is 0 Å². The third kappa shape index (κ3) is 7.49. The SMILES string of the molecule is COC(=O)[C@H](Cc1ccccc1)N(C[B-](F)(F)F)C(=O)OC(C)(C)C. The van der Waals surface area contributed by atoms with E-state index in [1.807, 2.05) is 0 Å². The van der Waals surface area contributed by atoms with Crippen LogP contribution in [0.2, 0.25) is 0 Å². The lowest BCUT2D eigenvalue weighted by Gasteiger charge is -2.35. The Kier molecular flexibility index (Phi) is 6.90. The maximum absolute atomic E-state index is 13.0. The van der Waals surface area contributed by atoms with Gasteiger partial charge in [-0.25, -0.2) is 9.59 Å². The number of carbonyl (C=O) groups excluding carboxylic acids is 2. The second kappa shape index (κ2) is 8.27. The van der Waals surface area contributed by atoms with Gasteiger partial charge in [0.05, 0.1) is 7.11 Å². The summed E-state index contributed by atoms with van der Waals surface area (Å²) in [6.45, 7) is -0.761. The van der Waals surface area contributed by atoms with Gasteiger partial charge in [-0.05, 0) is 32.8 Å². The van der Waals surface area contributed by atoms with Gasteiger partial charge >= 0.3 is 19.0 Å². The van der Waals surface area contributed by atoms with Crippen LogP contribution in [-0.2, 0) is 20.7 Å². The average molecular weight is 360 g/mol. The van der Waals surface area contributed by atoms with E-state index in [0.717, 1.165) is 7.11 Å². The normalized spacial score (nSPS) is 13.1. The van der Waals surface area contributed by atoms with E-state index in [4.69, 9.17) is 4.74 Å². The fourth-order valence-electron chi connectivity index (χ4n) is 2.17. The molecule has 0 aliphatic carbocycles. The largest absolute Gasteiger partial charge is 0.497 e. The van der Waals surface area contributed by atoms with Crippen molar-refractivity contribution < 1.29 is 32.0 Å². The molecule has 0 aromatic heterocycles. The van der Waals surface area contributed by atoms with Crippen LogP contribution in [0.4, 0.5) is 17.7 Å². The first-order chi connectivity index (χ1) is 11.4. The molecule has 0 bridgehead atoms. The lowest BCUT2D eigenvalue weighted by atomic mass is 9.89. The van der Waals surface area contributed by atoms with Gasteiger partial charge in [-0.1, -0.05) is 30.3 Å². The molecule has 9 heteroatoms. The van der Waals surface area contributed by atoms with Crippen molar-refractivity contribution in [2.45, 2.75) is 38.8 Å². The molecule has 0 aliphatic rings. The van der Waals surface area contributed by atoms with Gasteiger partial charge in [0.25, 0.3) is 0 Å². The van der Waals surface area contributed by atoms with E-state index in [1.54, 1.807) is 30.3 Å². The molecular formula is C16H22BF3NO4-. The highest BCUT2D eigenvalue weighted by Gasteiger charge is 2.39. The van der Waals surface area contributed by atoms with Gasteiger partial charge < -0.3 is 27.3 Å². The van der Waals surface area contributed by atoms with E-state index in [1.165, 1.54) is 20.8 Å². The Morgan fingerprint density at radius 3 is 2.16 bits per heavy atom. The van der Waals surface area contributed by atoms with Crippen LogP contribution in [-0.4, -0.2) is 49.1 Å². The molecule has 25 heavy (non-hydrogen) atoms. The standard InChI is InChI=1S/C16H22BF3NO4/c1-16(2,3)25-15(23)21(11-17(18,19)20)13(14(22)24-4)10-12-8-6-5-7-9-12/h5-9,13H,10-11H2,1-4H3/q-1/t13-/m0/s1. The summed E-state index contributed by atoms with van der Waals surface area (Å²) in [4.78, 5) is 24.8. The number of hydrogen-bond donors (Lipinski definition) is 0. The van der Waals surface area contributed by atoms with E-state index in [9.17, 15) is 22.5 Å². The first kappa shape index (κ1) is 20.9. The van der Waals surface area contributed by atoms with Crippen LogP contribution in [0.1, 0.15) is 26.3 Å². The van der Waals surface area contributed by atoms with E-state index in [0.29, 0.717) is 10.5 Å². The molecular weight excluding hydrogens is 338 g/mol. The molecule has 0 saturated carbocycles. The lowest BCUT2D eigenvalue weighted by molar-refractivity contribution is -0.146. The zero-order chi connectivity index (χ0) is 19.3. The Morgan fingerprint density at radius 2 is 1.72 bits per heavy atom. The summed E-state index contributed by atoms with van der Waals surface area (Å²) in [5, 5.41) is 0. The van der Waals surface area contributed by atoms with Gasteiger partial charge in [0.15, 0.2) is 0 Å². The molecule has 5 nitrogen and oxygen atoms in total. The molecule has 0 unspecified atom stereocenters. The molecule has 1 aromatic carbocycles. The Morgan fingerprint density at radius 1 is 1.16 bits per heavy atom. The van der Waals surface area contributed by atoms with Crippen LogP contribution < -0.4 is 0 Å². The molecule has 0 radical (unpaired) electrons. The van der Waals surface area contributed by atoms with E-state index >= 15 is 0 Å². The molecule has 0 heterocycles. The fourth-order valence-corrected chi connectivity index (χ4v) is 2.17. The van der Waals surface area contributed by atoms with Crippen molar-refractivity contribution in [3.8, 4) is 0 Å². The van der Waals surface area contributed by atoms with Crippen molar-refractivity contribution in [3.05, 3.63) is 35.9 Å². The highest BCUT2D eigenvalue weighted by molar-refractivity contribution is 6.58. The van der Waals surface area contributed by atoms with Crippen LogP contribution in [0.25, 0.3) is 0 Å². The van der Waals surface area contributed by atoms with Gasteiger partial charge in [-0.2, -0.15) is 0 Å².